The molecule has 0 amide bonds. The van der Waals surface area contributed by atoms with Gasteiger partial charge in [0.2, 0.25) is 0 Å². The van der Waals surface area contributed by atoms with Crippen LogP contribution in [-0.4, -0.2) is 18.8 Å². The minimum Gasteiger partial charge on any atom is -0.377 e. The van der Waals surface area contributed by atoms with Crippen LogP contribution in [0.5, 0.6) is 0 Å². The zero-order valence-electron chi connectivity index (χ0n) is 12.9. The van der Waals surface area contributed by atoms with Crippen LogP contribution in [0.1, 0.15) is 44.6 Å². The fourth-order valence-corrected chi connectivity index (χ4v) is 3.64. The van der Waals surface area contributed by atoms with Gasteiger partial charge in [-0.3, -0.25) is 11.3 Å². The highest BCUT2D eigenvalue weighted by Gasteiger charge is 2.30. The van der Waals surface area contributed by atoms with E-state index in [2.05, 4.69) is 52.5 Å². The molecule has 1 fully saturated rings. The van der Waals surface area contributed by atoms with Gasteiger partial charge in [-0.25, -0.2) is 0 Å². The summed E-state index contributed by atoms with van der Waals surface area (Å²) in [6.07, 6.45) is 7.66. The van der Waals surface area contributed by atoms with Gasteiger partial charge in [-0.05, 0) is 49.8 Å². The second-order valence-corrected chi connectivity index (χ2v) is 6.84. The SMILES string of the molecule is CCOC(C1CCCCC1)C(Cc1ccc(Br)cc1)NN. The molecule has 0 aromatic heterocycles. The molecule has 1 aliphatic rings. The number of nitrogens with two attached hydrogens (primary N) is 1. The minimum absolute atomic E-state index is 0.175. The van der Waals surface area contributed by atoms with Gasteiger partial charge in [0, 0.05) is 11.1 Å². The lowest BCUT2D eigenvalue weighted by atomic mass is 9.81. The number of rotatable bonds is 7. The highest BCUT2D eigenvalue weighted by Crippen LogP contribution is 2.30. The molecule has 2 atom stereocenters. The van der Waals surface area contributed by atoms with Gasteiger partial charge in [-0.2, -0.15) is 0 Å². The van der Waals surface area contributed by atoms with Crippen LogP contribution in [0.25, 0.3) is 0 Å². The quantitative estimate of drug-likeness (QED) is 0.578. The van der Waals surface area contributed by atoms with Crippen LogP contribution in [0.2, 0.25) is 0 Å². The summed E-state index contributed by atoms with van der Waals surface area (Å²) in [5.41, 5.74) is 4.30. The average Bonchev–Trinajstić information content (AvgIpc) is 2.53. The first-order chi connectivity index (χ1) is 10.2. The molecule has 1 saturated carbocycles. The Bertz CT molecular complexity index is 404. The molecule has 0 aliphatic heterocycles. The summed E-state index contributed by atoms with van der Waals surface area (Å²) >= 11 is 3.48. The topological polar surface area (TPSA) is 47.3 Å². The van der Waals surface area contributed by atoms with Crippen molar-refractivity contribution in [1.82, 2.24) is 5.43 Å². The summed E-state index contributed by atoms with van der Waals surface area (Å²) in [4.78, 5) is 0. The van der Waals surface area contributed by atoms with E-state index in [1.165, 1.54) is 37.7 Å². The number of ether oxygens (including phenoxy) is 1. The molecule has 0 radical (unpaired) electrons. The summed E-state index contributed by atoms with van der Waals surface area (Å²) in [6, 6.07) is 8.64. The molecule has 2 rings (SSSR count). The number of hydrogen-bond acceptors (Lipinski definition) is 3. The summed E-state index contributed by atoms with van der Waals surface area (Å²) in [6.45, 7) is 2.82. The highest BCUT2D eigenvalue weighted by molar-refractivity contribution is 9.10. The molecule has 3 N–H and O–H groups in total. The van der Waals surface area contributed by atoms with Gasteiger partial charge in [0.25, 0.3) is 0 Å². The third kappa shape index (κ3) is 5.06. The van der Waals surface area contributed by atoms with Crippen molar-refractivity contribution in [2.24, 2.45) is 11.8 Å². The minimum atomic E-state index is 0.175. The van der Waals surface area contributed by atoms with E-state index < -0.39 is 0 Å². The molecule has 1 aromatic carbocycles. The van der Waals surface area contributed by atoms with Crippen LogP contribution < -0.4 is 11.3 Å². The zero-order valence-corrected chi connectivity index (χ0v) is 14.4. The monoisotopic (exact) mass is 354 g/mol. The van der Waals surface area contributed by atoms with Gasteiger partial charge in [0.05, 0.1) is 12.1 Å². The molecule has 1 aliphatic carbocycles. The summed E-state index contributed by atoms with van der Waals surface area (Å²) < 4.78 is 7.19. The van der Waals surface area contributed by atoms with Crippen molar-refractivity contribution in [1.29, 1.82) is 0 Å². The van der Waals surface area contributed by atoms with Crippen LogP contribution >= 0.6 is 15.9 Å². The lowest BCUT2D eigenvalue weighted by Crippen LogP contribution is -2.50. The van der Waals surface area contributed by atoms with Gasteiger partial charge in [0.1, 0.15) is 0 Å². The van der Waals surface area contributed by atoms with E-state index >= 15 is 0 Å². The number of halogens is 1. The van der Waals surface area contributed by atoms with Crippen molar-refractivity contribution < 1.29 is 4.74 Å². The Balaban J connectivity index is 2.05. The predicted octanol–water partition coefficient (Wildman–Crippen LogP) is 3.81. The van der Waals surface area contributed by atoms with E-state index in [4.69, 9.17) is 10.6 Å². The molecule has 2 unspecified atom stereocenters. The van der Waals surface area contributed by atoms with Gasteiger partial charge < -0.3 is 4.74 Å². The van der Waals surface area contributed by atoms with Gasteiger partial charge in [-0.1, -0.05) is 47.3 Å². The Kier molecular flexibility index (Phi) is 7.17. The van der Waals surface area contributed by atoms with E-state index in [0.717, 1.165) is 17.5 Å². The third-order valence-electron chi connectivity index (χ3n) is 4.45. The molecule has 0 saturated heterocycles. The standard InChI is InChI=1S/C17H27BrN2O/c1-2-21-17(14-6-4-3-5-7-14)16(20-19)12-13-8-10-15(18)11-9-13/h8-11,14,16-17,20H,2-7,12,19H2,1H3. The number of nitrogens with one attached hydrogen (secondary N) is 1. The molecule has 3 nitrogen and oxygen atoms in total. The second kappa shape index (κ2) is 8.89. The Labute approximate surface area is 136 Å². The molecular formula is C17H27BrN2O. The summed E-state index contributed by atoms with van der Waals surface area (Å²) in [5, 5.41) is 0. The Morgan fingerprint density at radius 1 is 1.24 bits per heavy atom. The normalized spacial score (nSPS) is 19.4. The smallest absolute Gasteiger partial charge is 0.0772 e. The molecule has 118 valence electrons. The van der Waals surface area contributed by atoms with Crippen LogP contribution in [0.15, 0.2) is 28.7 Å². The van der Waals surface area contributed by atoms with E-state index in [-0.39, 0.29) is 12.1 Å². The van der Waals surface area contributed by atoms with Crippen molar-refractivity contribution in [3.8, 4) is 0 Å². The molecular weight excluding hydrogens is 328 g/mol. The molecule has 0 bridgehead atoms. The maximum atomic E-state index is 6.08. The van der Waals surface area contributed by atoms with E-state index in [0.29, 0.717) is 5.92 Å². The predicted molar refractivity (Wildman–Crippen MR) is 90.9 cm³/mol. The van der Waals surface area contributed by atoms with Crippen molar-refractivity contribution in [3.63, 3.8) is 0 Å². The Morgan fingerprint density at radius 2 is 1.90 bits per heavy atom. The Morgan fingerprint density at radius 3 is 2.48 bits per heavy atom. The number of hydrazine groups is 1. The lowest BCUT2D eigenvalue weighted by Gasteiger charge is -2.35. The zero-order chi connectivity index (χ0) is 15.1. The van der Waals surface area contributed by atoms with Crippen LogP contribution in [0.4, 0.5) is 0 Å². The largest absolute Gasteiger partial charge is 0.377 e. The van der Waals surface area contributed by atoms with Gasteiger partial charge >= 0.3 is 0 Å². The van der Waals surface area contributed by atoms with E-state index in [1.54, 1.807) is 0 Å². The summed E-state index contributed by atoms with van der Waals surface area (Å²) in [7, 11) is 0. The van der Waals surface area contributed by atoms with E-state index in [9.17, 15) is 0 Å². The third-order valence-corrected chi connectivity index (χ3v) is 4.98. The fraction of sp³-hybridized carbons (Fsp3) is 0.647. The van der Waals surface area contributed by atoms with Crippen LogP contribution in [-0.2, 0) is 11.2 Å². The van der Waals surface area contributed by atoms with Gasteiger partial charge in [0.15, 0.2) is 0 Å². The van der Waals surface area contributed by atoms with Crippen molar-refractivity contribution >= 4 is 15.9 Å². The number of benzene rings is 1. The molecule has 0 heterocycles. The van der Waals surface area contributed by atoms with Crippen molar-refractivity contribution in [2.45, 2.75) is 57.6 Å². The molecule has 1 aromatic rings. The van der Waals surface area contributed by atoms with Crippen LogP contribution in [0.3, 0.4) is 0 Å². The molecule has 21 heavy (non-hydrogen) atoms. The first kappa shape index (κ1) is 16.9. The molecule has 0 spiro atoms. The average molecular weight is 355 g/mol. The van der Waals surface area contributed by atoms with Crippen LogP contribution in [0, 0.1) is 5.92 Å². The molecule has 4 heteroatoms. The fourth-order valence-electron chi connectivity index (χ4n) is 3.38. The first-order valence-electron chi connectivity index (χ1n) is 8.06. The van der Waals surface area contributed by atoms with Crippen molar-refractivity contribution in [3.05, 3.63) is 34.3 Å². The van der Waals surface area contributed by atoms with Gasteiger partial charge in [-0.15, -0.1) is 0 Å². The second-order valence-electron chi connectivity index (χ2n) is 5.92. The first-order valence-corrected chi connectivity index (χ1v) is 8.86. The number of hydrogen-bond donors (Lipinski definition) is 2. The highest BCUT2D eigenvalue weighted by atomic mass is 79.9. The Hall–Kier alpha value is -0.420. The lowest BCUT2D eigenvalue weighted by molar-refractivity contribution is -0.0175. The summed E-state index contributed by atoms with van der Waals surface area (Å²) in [5.74, 6) is 6.48. The maximum Gasteiger partial charge on any atom is 0.0772 e. The van der Waals surface area contributed by atoms with E-state index in [1.807, 2.05) is 0 Å². The van der Waals surface area contributed by atoms with Crippen molar-refractivity contribution in [2.75, 3.05) is 6.61 Å². The maximum absolute atomic E-state index is 6.08.